The number of nitrogens with one attached hydrogen (secondary N) is 1. The number of nitrogens with zero attached hydrogens (tertiary/aromatic N) is 2. The molecule has 0 aliphatic carbocycles. The zero-order valence-electron chi connectivity index (χ0n) is 11.9. The Kier molecular flexibility index (Phi) is 3.59. The van der Waals surface area contributed by atoms with Gasteiger partial charge in [0, 0.05) is 18.1 Å². The number of aromatic nitrogens is 2. The van der Waals surface area contributed by atoms with Crippen LogP contribution in [0.1, 0.15) is 11.3 Å². The van der Waals surface area contributed by atoms with Crippen LogP contribution in [0.5, 0.6) is 5.75 Å². The normalized spacial score (nSPS) is 17.0. The molecule has 1 atom stereocenters. The van der Waals surface area contributed by atoms with Gasteiger partial charge in [-0.25, -0.2) is 0 Å². The molecule has 1 N–H and O–H groups in total. The van der Waals surface area contributed by atoms with Crippen molar-refractivity contribution in [1.82, 2.24) is 9.78 Å². The summed E-state index contributed by atoms with van der Waals surface area (Å²) >= 11 is 5.99. The van der Waals surface area contributed by atoms with E-state index >= 15 is 0 Å². The van der Waals surface area contributed by atoms with Gasteiger partial charge in [0.25, 0.3) is 0 Å². The molecule has 1 aromatic carbocycles. The summed E-state index contributed by atoms with van der Waals surface area (Å²) in [7, 11) is 1.80. The second kappa shape index (κ2) is 5.41. The summed E-state index contributed by atoms with van der Waals surface area (Å²) in [4.78, 5) is 12.4. The summed E-state index contributed by atoms with van der Waals surface area (Å²) < 4.78 is 7.30. The molecule has 1 unspecified atom stereocenters. The summed E-state index contributed by atoms with van der Waals surface area (Å²) in [5.74, 6) is 1.20. The molecule has 5 nitrogen and oxygen atoms in total. The first-order valence-electron chi connectivity index (χ1n) is 6.75. The Balaban J connectivity index is 1.73. The molecule has 2 aromatic rings. The first-order chi connectivity index (χ1) is 10.0. The number of fused-ring (bicyclic) bond motifs is 1. The lowest BCUT2D eigenvalue weighted by Gasteiger charge is -2.24. The third kappa shape index (κ3) is 2.88. The third-order valence-corrected chi connectivity index (χ3v) is 3.79. The van der Waals surface area contributed by atoms with Crippen molar-refractivity contribution in [1.29, 1.82) is 0 Å². The second-order valence-corrected chi connectivity index (χ2v) is 5.68. The maximum Gasteiger partial charge on any atom is 0.232 e. The molecule has 0 saturated carbocycles. The van der Waals surface area contributed by atoms with Crippen molar-refractivity contribution >= 4 is 23.3 Å². The van der Waals surface area contributed by atoms with E-state index in [4.69, 9.17) is 16.3 Å². The van der Waals surface area contributed by atoms with Crippen LogP contribution in [0.25, 0.3) is 0 Å². The van der Waals surface area contributed by atoms with Gasteiger partial charge >= 0.3 is 0 Å². The molecule has 1 aliphatic rings. The molecule has 6 heteroatoms. The zero-order valence-corrected chi connectivity index (χ0v) is 12.6. The number of amides is 1. The molecule has 110 valence electrons. The number of hydrogen-bond acceptors (Lipinski definition) is 3. The number of benzene rings is 1. The third-order valence-electron chi connectivity index (χ3n) is 3.55. The topological polar surface area (TPSA) is 56.1 Å². The number of hydrogen-bond donors (Lipinski definition) is 1. The van der Waals surface area contributed by atoms with Crippen LogP contribution < -0.4 is 10.1 Å². The predicted molar refractivity (Wildman–Crippen MR) is 80.7 cm³/mol. The van der Waals surface area contributed by atoms with Crippen molar-refractivity contribution in [3.8, 4) is 5.75 Å². The van der Waals surface area contributed by atoms with Crippen molar-refractivity contribution in [3.63, 3.8) is 0 Å². The van der Waals surface area contributed by atoms with Crippen LogP contribution in [0.2, 0.25) is 5.02 Å². The summed E-state index contributed by atoms with van der Waals surface area (Å²) in [6.07, 6.45) is 0.624. The highest BCUT2D eigenvalue weighted by Gasteiger charge is 2.26. The van der Waals surface area contributed by atoms with E-state index in [1.807, 2.05) is 25.1 Å². The molecule has 0 spiro atoms. The number of ether oxygens (including phenoxy) is 1. The SMILES string of the molecule is Cc1cc(NC(=O)C2COc3ccc(Cl)cc3C2)n(C)n1. The maximum absolute atomic E-state index is 12.4. The molecule has 1 amide bonds. The fourth-order valence-corrected chi connectivity index (χ4v) is 2.68. The van der Waals surface area contributed by atoms with Crippen LogP contribution in [-0.4, -0.2) is 22.3 Å². The van der Waals surface area contributed by atoms with E-state index in [-0.39, 0.29) is 11.8 Å². The van der Waals surface area contributed by atoms with E-state index < -0.39 is 0 Å². The van der Waals surface area contributed by atoms with Crippen molar-refractivity contribution in [3.05, 3.63) is 40.5 Å². The van der Waals surface area contributed by atoms with Gasteiger partial charge in [0.1, 0.15) is 18.2 Å². The van der Waals surface area contributed by atoms with Gasteiger partial charge in [-0.3, -0.25) is 9.48 Å². The first-order valence-corrected chi connectivity index (χ1v) is 7.13. The average Bonchev–Trinajstić information content (AvgIpc) is 2.76. The molecule has 0 saturated heterocycles. The Morgan fingerprint density at radius 2 is 2.29 bits per heavy atom. The minimum absolute atomic E-state index is 0.0661. The Bertz CT molecular complexity index is 696. The molecule has 2 heterocycles. The first kappa shape index (κ1) is 13.9. The molecule has 3 rings (SSSR count). The highest BCUT2D eigenvalue weighted by Crippen LogP contribution is 2.30. The fourth-order valence-electron chi connectivity index (χ4n) is 2.49. The van der Waals surface area contributed by atoms with E-state index in [1.165, 1.54) is 0 Å². The van der Waals surface area contributed by atoms with Gasteiger partial charge in [-0.1, -0.05) is 11.6 Å². The van der Waals surface area contributed by atoms with Crippen LogP contribution in [0.15, 0.2) is 24.3 Å². The predicted octanol–water partition coefficient (Wildman–Crippen LogP) is 2.57. The van der Waals surface area contributed by atoms with Crippen molar-refractivity contribution in [2.75, 3.05) is 11.9 Å². The van der Waals surface area contributed by atoms with Crippen LogP contribution in [0.4, 0.5) is 5.82 Å². The number of rotatable bonds is 2. The number of halogens is 1. The highest BCUT2D eigenvalue weighted by atomic mass is 35.5. The maximum atomic E-state index is 12.4. The standard InChI is InChI=1S/C15H16ClN3O2/c1-9-5-14(19(2)18-9)17-15(20)11-6-10-7-12(16)3-4-13(10)21-8-11/h3-5,7,11H,6,8H2,1-2H3,(H,17,20). The smallest absolute Gasteiger partial charge is 0.232 e. The van der Waals surface area contributed by atoms with Crippen LogP contribution in [0.3, 0.4) is 0 Å². The quantitative estimate of drug-likeness (QED) is 0.928. The Labute approximate surface area is 127 Å². The summed E-state index contributed by atoms with van der Waals surface area (Å²) in [5, 5.41) is 7.76. The van der Waals surface area contributed by atoms with Crippen LogP contribution >= 0.6 is 11.6 Å². The van der Waals surface area contributed by atoms with Gasteiger partial charge in [0.2, 0.25) is 5.91 Å². The van der Waals surface area contributed by atoms with E-state index in [0.29, 0.717) is 23.9 Å². The summed E-state index contributed by atoms with van der Waals surface area (Å²) in [5.41, 5.74) is 1.83. The van der Waals surface area contributed by atoms with Crippen LogP contribution in [-0.2, 0) is 18.3 Å². The average molecular weight is 306 g/mol. The van der Waals surface area contributed by atoms with Gasteiger partial charge in [-0.2, -0.15) is 5.10 Å². The summed E-state index contributed by atoms with van der Waals surface area (Å²) in [6.45, 7) is 2.26. The van der Waals surface area contributed by atoms with Crippen molar-refractivity contribution in [2.45, 2.75) is 13.3 Å². The molecule has 21 heavy (non-hydrogen) atoms. The minimum atomic E-state index is -0.230. The van der Waals surface area contributed by atoms with Gasteiger partial charge in [0.15, 0.2) is 0 Å². The van der Waals surface area contributed by atoms with Gasteiger partial charge in [-0.05, 0) is 37.1 Å². The number of aryl methyl sites for hydroxylation is 2. The molecular formula is C15H16ClN3O2. The second-order valence-electron chi connectivity index (χ2n) is 5.25. The van der Waals surface area contributed by atoms with Crippen molar-refractivity contribution < 1.29 is 9.53 Å². The molecular weight excluding hydrogens is 290 g/mol. The number of carbonyl (C=O) groups excluding carboxylic acids is 1. The van der Waals surface area contributed by atoms with E-state index in [1.54, 1.807) is 17.8 Å². The van der Waals surface area contributed by atoms with Crippen LogP contribution in [0, 0.1) is 12.8 Å². The van der Waals surface area contributed by atoms with E-state index in [9.17, 15) is 4.79 Å². The fraction of sp³-hybridized carbons (Fsp3) is 0.333. The monoisotopic (exact) mass is 305 g/mol. The van der Waals surface area contributed by atoms with E-state index in [0.717, 1.165) is 17.0 Å². The Morgan fingerprint density at radius 1 is 1.48 bits per heavy atom. The number of carbonyl (C=O) groups is 1. The van der Waals surface area contributed by atoms with Gasteiger partial charge in [-0.15, -0.1) is 0 Å². The molecule has 1 aromatic heterocycles. The van der Waals surface area contributed by atoms with Gasteiger partial charge in [0.05, 0.1) is 11.6 Å². The largest absolute Gasteiger partial charge is 0.492 e. The molecule has 0 bridgehead atoms. The Hall–Kier alpha value is -2.01. The minimum Gasteiger partial charge on any atom is -0.492 e. The number of anilines is 1. The lowest BCUT2D eigenvalue weighted by atomic mass is 9.96. The van der Waals surface area contributed by atoms with Gasteiger partial charge < -0.3 is 10.1 Å². The highest BCUT2D eigenvalue weighted by molar-refractivity contribution is 6.30. The zero-order chi connectivity index (χ0) is 15.0. The Morgan fingerprint density at radius 3 is 3.00 bits per heavy atom. The molecule has 0 radical (unpaired) electrons. The lowest BCUT2D eigenvalue weighted by Crippen LogP contribution is -2.33. The van der Waals surface area contributed by atoms with Crippen molar-refractivity contribution in [2.24, 2.45) is 13.0 Å². The molecule has 0 fully saturated rings. The lowest BCUT2D eigenvalue weighted by molar-refractivity contribution is -0.121. The van der Waals surface area contributed by atoms with E-state index in [2.05, 4.69) is 10.4 Å². The molecule has 1 aliphatic heterocycles. The summed E-state index contributed by atoms with van der Waals surface area (Å²) in [6, 6.07) is 7.33.